The van der Waals surface area contributed by atoms with Crippen LogP contribution in [0.1, 0.15) is 38.4 Å². The van der Waals surface area contributed by atoms with E-state index < -0.39 is 35.7 Å². The van der Waals surface area contributed by atoms with Crippen LogP contribution < -0.4 is 11.2 Å². The minimum absolute atomic E-state index is 0.0608. The average molecular weight is 312 g/mol. The number of hydrogen-bond donors (Lipinski definition) is 3. The molecular formula is C14H20N2O6. The summed E-state index contributed by atoms with van der Waals surface area (Å²) < 4.78 is 6.71. The maximum atomic E-state index is 12.0. The fraction of sp³-hybridized carbons (Fsp3) is 0.643. The normalized spacial score (nSPS) is 28.0. The maximum absolute atomic E-state index is 12.0. The number of H-pyrrole nitrogens is 1. The number of rotatable bonds is 5. The van der Waals surface area contributed by atoms with E-state index in [9.17, 15) is 24.6 Å². The van der Waals surface area contributed by atoms with Crippen LogP contribution in [0, 0.1) is 0 Å². The van der Waals surface area contributed by atoms with E-state index in [4.69, 9.17) is 4.74 Å². The Kier molecular flexibility index (Phi) is 4.94. The molecular weight excluding hydrogens is 292 g/mol. The number of nitrogens with zero attached hydrogens (tertiary/aromatic N) is 1. The number of aliphatic hydroxyl groups excluding tert-OH is 2. The molecule has 0 aliphatic carbocycles. The molecule has 4 atom stereocenters. The predicted molar refractivity (Wildman–Crippen MR) is 76.5 cm³/mol. The van der Waals surface area contributed by atoms with Crippen LogP contribution >= 0.6 is 0 Å². The van der Waals surface area contributed by atoms with E-state index in [-0.39, 0.29) is 24.3 Å². The molecule has 1 aromatic rings. The highest BCUT2D eigenvalue weighted by atomic mass is 16.5. The zero-order valence-electron chi connectivity index (χ0n) is 12.5. The van der Waals surface area contributed by atoms with Crippen LogP contribution in [0.2, 0.25) is 0 Å². The van der Waals surface area contributed by atoms with Crippen LogP contribution in [0.15, 0.2) is 15.8 Å². The Labute approximate surface area is 126 Å². The Balaban J connectivity index is 2.35. The monoisotopic (exact) mass is 312 g/mol. The molecule has 0 radical (unpaired) electrons. The van der Waals surface area contributed by atoms with Crippen molar-refractivity contribution >= 4 is 5.78 Å². The first-order chi connectivity index (χ1) is 10.3. The van der Waals surface area contributed by atoms with Crippen molar-refractivity contribution < 1.29 is 19.7 Å². The lowest BCUT2D eigenvalue weighted by Gasteiger charge is -2.15. The Morgan fingerprint density at radius 2 is 2.05 bits per heavy atom. The third-order valence-corrected chi connectivity index (χ3v) is 3.81. The first-order valence-electron chi connectivity index (χ1n) is 7.19. The zero-order chi connectivity index (χ0) is 16.4. The van der Waals surface area contributed by atoms with Crippen molar-refractivity contribution in [2.24, 2.45) is 0 Å². The number of carbonyl (C=O) groups excluding carboxylic acids is 1. The predicted octanol–water partition coefficient (Wildman–Crippen LogP) is -0.913. The number of aryl methyl sites for hydroxylation is 1. The van der Waals surface area contributed by atoms with Crippen LogP contribution in [-0.4, -0.2) is 43.9 Å². The molecule has 0 bridgehead atoms. The number of hydrogen-bond acceptors (Lipinski definition) is 6. The zero-order valence-corrected chi connectivity index (χ0v) is 12.5. The Morgan fingerprint density at radius 3 is 2.59 bits per heavy atom. The van der Waals surface area contributed by atoms with Gasteiger partial charge in [0.05, 0.1) is 11.7 Å². The first kappa shape index (κ1) is 16.6. The highest BCUT2D eigenvalue weighted by Crippen LogP contribution is 2.32. The molecule has 3 N–H and O–H groups in total. The quantitative estimate of drug-likeness (QED) is 0.647. The van der Waals surface area contributed by atoms with Crippen LogP contribution in [-0.2, 0) is 16.1 Å². The number of aliphatic hydroxyl groups is 2. The van der Waals surface area contributed by atoms with Crippen molar-refractivity contribution in [2.45, 2.75) is 57.6 Å². The van der Waals surface area contributed by atoms with Crippen LogP contribution in [0.4, 0.5) is 0 Å². The van der Waals surface area contributed by atoms with Gasteiger partial charge in [0.25, 0.3) is 5.56 Å². The van der Waals surface area contributed by atoms with E-state index in [1.165, 1.54) is 17.7 Å². The van der Waals surface area contributed by atoms with Crippen molar-refractivity contribution in [3.63, 3.8) is 0 Å². The molecule has 1 aromatic heterocycles. The average Bonchev–Trinajstić information content (AvgIpc) is 2.74. The minimum Gasteiger partial charge on any atom is -0.388 e. The summed E-state index contributed by atoms with van der Waals surface area (Å²) in [6, 6.07) is 0. The summed E-state index contributed by atoms with van der Waals surface area (Å²) in [6.45, 7) is 3.32. The number of ketones is 1. The topological polar surface area (TPSA) is 122 Å². The number of carbonyl (C=O) groups is 1. The summed E-state index contributed by atoms with van der Waals surface area (Å²) in [4.78, 5) is 36.9. The number of Topliss-reactive ketones (excluding diaryl/α,β-unsaturated/α-hetero) is 1. The first-order valence-corrected chi connectivity index (χ1v) is 7.19. The lowest BCUT2D eigenvalue weighted by molar-refractivity contribution is -0.117. The van der Waals surface area contributed by atoms with Gasteiger partial charge in [0.2, 0.25) is 0 Å². The molecule has 1 aliphatic heterocycles. The lowest BCUT2D eigenvalue weighted by Crippen LogP contribution is -2.36. The van der Waals surface area contributed by atoms with Gasteiger partial charge in [0.15, 0.2) is 0 Å². The third kappa shape index (κ3) is 3.18. The van der Waals surface area contributed by atoms with Crippen molar-refractivity contribution in [3.05, 3.63) is 32.6 Å². The standard InChI is InChI=1S/C14H20N2O6/c1-3-9-10(18)11(19)12(22-9)8-6-16(5-4-7(2)17)14(21)15-13(8)20/h6,9-12,18-19H,3-5H2,1-2H3,(H,15,20,21)/t9-,10+,11?,12+/m1/s1. The maximum Gasteiger partial charge on any atom is 0.328 e. The van der Waals surface area contributed by atoms with Gasteiger partial charge in [-0.05, 0) is 13.3 Å². The van der Waals surface area contributed by atoms with Crippen LogP contribution in [0.25, 0.3) is 0 Å². The molecule has 2 rings (SSSR count). The van der Waals surface area contributed by atoms with Crippen molar-refractivity contribution in [1.29, 1.82) is 0 Å². The number of ether oxygens (including phenoxy) is 1. The summed E-state index contributed by atoms with van der Waals surface area (Å²) in [7, 11) is 0. The molecule has 122 valence electrons. The van der Waals surface area contributed by atoms with Crippen molar-refractivity contribution in [3.8, 4) is 0 Å². The summed E-state index contributed by atoms with van der Waals surface area (Å²) in [5.74, 6) is -0.0849. The number of nitrogens with one attached hydrogen (secondary N) is 1. The van der Waals surface area contributed by atoms with E-state index in [0.717, 1.165) is 0 Å². The van der Waals surface area contributed by atoms with E-state index in [1.807, 2.05) is 0 Å². The third-order valence-electron chi connectivity index (χ3n) is 3.81. The van der Waals surface area contributed by atoms with Gasteiger partial charge in [0.1, 0.15) is 24.1 Å². The van der Waals surface area contributed by atoms with E-state index in [0.29, 0.717) is 6.42 Å². The molecule has 1 unspecified atom stereocenters. The SMILES string of the molecule is CC[C@H]1O[C@@H](c2cn(CCC(C)=O)c(=O)[nH]c2=O)C(O)[C@H]1O. The van der Waals surface area contributed by atoms with Gasteiger partial charge in [-0.2, -0.15) is 0 Å². The minimum atomic E-state index is -1.25. The fourth-order valence-electron chi connectivity index (χ4n) is 2.52. The van der Waals surface area contributed by atoms with Crippen molar-refractivity contribution in [2.75, 3.05) is 0 Å². The second kappa shape index (κ2) is 6.55. The molecule has 22 heavy (non-hydrogen) atoms. The largest absolute Gasteiger partial charge is 0.388 e. The molecule has 2 heterocycles. The second-order valence-electron chi connectivity index (χ2n) is 5.47. The molecule has 8 nitrogen and oxygen atoms in total. The Hall–Kier alpha value is -1.77. The van der Waals surface area contributed by atoms with Gasteiger partial charge in [-0.3, -0.25) is 19.1 Å². The number of aromatic nitrogens is 2. The van der Waals surface area contributed by atoms with Crippen LogP contribution in [0.3, 0.4) is 0 Å². The molecule has 0 spiro atoms. The Bertz CT molecular complexity index is 664. The van der Waals surface area contributed by atoms with Crippen molar-refractivity contribution in [1.82, 2.24) is 9.55 Å². The molecule has 1 saturated heterocycles. The van der Waals surface area contributed by atoms with Gasteiger partial charge in [-0.1, -0.05) is 6.92 Å². The Morgan fingerprint density at radius 1 is 1.36 bits per heavy atom. The highest BCUT2D eigenvalue weighted by Gasteiger charge is 2.43. The van der Waals surface area contributed by atoms with Gasteiger partial charge in [-0.25, -0.2) is 4.79 Å². The summed E-state index contributed by atoms with van der Waals surface area (Å²) >= 11 is 0. The van der Waals surface area contributed by atoms with Gasteiger partial charge >= 0.3 is 5.69 Å². The van der Waals surface area contributed by atoms with Gasteiger partial charge < -0.3 is 14.9 Å². The molecule has 0 saturated carbocycles. The number of aromatic amines is 1. The summed E-state index contributed by atoms with van der Waals surface area (Å²) in [6.07, 6.45) is -2.00. The summed E-state index contributed by atoms with van der Waals surface area (Å²) in [5.41, 5.74) is -1.24. The lowest BCUT2D eigenvalue weighted by atomic mass is 10.0. The molecule has 8 heteroatoms. The second-order valence-corrected chi connectivity index (χ2v) is 5.47. The fourth-order valence-corrected chi connectivity index (χ4v) is 2.52. The smallest absolute Gasteiger partial charge is 0.328 e. The molecule has 1 fully saturated rings. The van der Waals surface area contributed by atoms with Crippen LogP contribution in [0.5, 0.6) is 0 Å². The van der Waals surface area contributed by atoms with E-state index in [1.54, 1.807) is 6.92 Å². The van der Waals surface area contributed by atoms with Gasteiger partial charge in [0, 0.05) is 19.2 Å². The highest BCUT2D eigenvalue weighted by molar-refractivity contribution is 5.75. The van der Waals surface area contributed by atoms with Gasteiger partial charge in [-0.15, -0.1) is 0 Å². The van der Waals surface area contributed by atoms with E-state index >= 15 is 0 Å². The molecule has 0 aromatic carbocycles. The molecule has 0 amide bonds. The van der Waals surface area contributed by atoms with E-state index in [2.05, 4.69) is 4.98 Å². The molecule has 1 aliphatic rings. The summed E-state index contributed by atoms with van der Waals surface area (Å²) in [5, 5.41) is 19.9.